The summed E-state index contributed by atoms with van der Waals surface area (Å²) in [4.78, 5) is -0.143. The summed E-state index contributed by atoms with van der Waals surface area (Å²) in [7, 11) is 3.25. The predicted molar refractivity (Wildman–Crippen MR) is 74.0 cm³/mol. The minimum atomic E-state index is -0.143. The standard InChI is InChI=1S/C13H12BrClO3/c1-16-8-3-4-10(17-2)9(7-8)13(14)11-5-6-12(15)18-11/h3-7,13H,1-2H3. The lowest BCUT2D eigenvalue weighted by atomic mass is 10.1. The van der Waals surface area contributed by atoms with E-state index in [0.29, 0.717) is 11.0 Å². The zero-order valence-electron chi connectivity index (χ0n) is 9.94. The molecule has 1 aromatic heterocycles. The molecule has 0 fully saturated rings. The van der Waals surface area contributed by atoms with Gasteiger partial charge in [-0.2, -0.15) is 0 Å². The maximum atomic E-state index is 5.78. The van der Waals surface area contributed by atoms with Gasteiger partial charge in [0.2, 0.25) is 0 Å². The second-order valence-electron chi connectivity index (χ2n) is 3.61. The van der Waals surface area contributed by atoms with E-state index in [4.69, 9.17) is 25.5 Å². The monoisotopic (exact) mass is 330 g/mol. The van der Waals surface area contributed by atoms with E-state index >= 15 is 0 Å². The van der Waals surface area contributed by atoms with E-state index in [1.165, 1.54) is 0 Å². The van der Waals surface area contributed by atoms with E-state index in [1.54, 1.807) is 20.3 Å². The molecular formula is C13H12BrClO3. The van der Waals surface area contributed by atoms with Crippen LogP contribution in [-0.4, -0.2) is 14.2 Å². The number of hydrogen-bond donors (Lipinski definition) is 0. The van der Waals surface area contributed by atoms with Gasteiger partial charge in [0.15, 0.2) is 5.22 Å². The Labute approximate surface area is 119 Å². The third-order valence-electron chi connectivity index (χ3n) is 2.55. The summed E-state index contributed by atoms with van der Waals surface area (Å²) >= 11 is 9.36. The zero-order chi connectivity index (χ0) is 13.1. The lowest BCUT2D eigenvalue weighted by Crippen LogP contribution is -1.97. The van der Waals surface area contributed by atoms with Crippen LogP contribution in [0, 0.1) is 0 Å². The number of alkyl halides is 1. The summed E-state index contributed by atoms with van der Waals surface area (Å²) in [5.74, 6) is 2.23. The number of rotatable bonds is 4. The molecule has 0 aliphatic carbocycles. The van der Waals surface area contributed by atoms with Crippen LogP contribution in [0.15, 0.2) is 34.7 Å². The Bertz CT molecular complexity index is 539. The molecule has 0 bridgehead atoms. The molecule has 0 aliphatic heterocycles. The maximum Gasteiger partial charge on any atom is 0.193 e. The van der Waals surface area contributed by atoms with Crippen molar-refractivity contribution < 1.29 is 13.9 Å². The van der Waals surface area contributed by atoms with Crippen LogP contribution in [0.25, 0.3) is 0 Å². The minimum Gasteiger partial charge on any atom is -0.497 e. The van der Waals surface area contributed by atoms with Gasteiger partial charge in [0.1, 0.15) is 22.1 Å². The highest BCUT2D eigenvalue weighted by molar-refractivity contribution is 9.09. The van der Waals surface area contributed by atoms with Crippen molar-refractivity contribution in [3.05, 3.63) is 46.9 Å². The largest absolute Gasteiger partial charge is 0.497 e. The molecule has 0 amide bonds. The van der Waals surface area contributed by atoms with Crippen LogP contribution in [0.4, 0.5) is 0 Å². The van der Waals surface area contributed by atoms with Crippen molar-refractivity contribution in [3.63, 3.8) is 0 Å². The second-order valence-corrected chi connectivity index (χ2v) is 4.90. The number of hydrogen-bond acceptors (Lipinski definition) is 3. The molecule has 0 saturated carbocycles. The average molecular weight is 332 g/mol. The van der Waals surface area contributed by atoms with Crippen LogP contribution in [0.3, 0.4) is 0 Å². The van der Waals surface area contributed by atoms with Crippen molar-refractivity contribution in [2.75, 3.05) is 14.2 Å². The van der Waals surface area contributed by atoms with Gasteiger partial charge >= 0.3 is 0 Å². The number of methoxy groups -OCH3 is 2. The quantitative estimate of drug-likeness (QED) is 0.777. The molecule has 0 spiro atoms. The third-order valence-corrected chi connectivity index (χ3v) is 3.70. The van der Waals surface area contributed by atoms with Gasteiger partial charge in [0, 0.05) is 5.56 Å². The van der Waals surface area contributed by atoms with Gasteiger partial charge in [0.05, 0.1) is 14.2 Å². The summed E-state index contributed by atoms with van der Waals surface area (Å²) in [6.45, 7) is 0. The summed E-state index contributed by atoms with van der Waals surface area (Å²) in [5, 5.41) is 0.358. The molecular weight excluding hydrogens is 319 g/mol. The highest BCUT2D eigenvalue weighted by Gasteiger charge is 2.19. The highest BCUT2D eigenvalue weighted by Crippen LogP contribution is 2.39. The Morgan fingerprint density at radius 3 is 2.50 bits per heavy atom. The first kappa shape index (κ1) is 13.3. The van der Waals surface area contributed by atoms with E-state index < -0.39 is 0 Å². The van der Waals surface area contributed by atoms with Crippen LogP contribution >= 0.6 is 27.5 Å². The van der Waals surface area contributed by atoms with Gasteiger partial charge in [-0.1, -0.05) is 15.9 Å². The number of benzene rings is 1. The number of furan rings is 1. The second kappa shape index (κ2) is 5.67. The average Bonchev–Trinajstić information content (AvgIpc) is 2.83. The van der Waals surface area contributed by atoms with E-state index in [-0.39, 0.29) is 4.83 Å². The minimum absolute atomic E-state index is 0.143. The lowest BCUT2D eigenvalue weighted by molar-refractivity contribution is 0.398. The van der Waals surface area contributed by atoms with Crippen LogP contribution < -0.4 is 9.47 Å². The maximum absolute atomic E-state index is 5.78. The Morgan fingerprint density at radius 2 is 1.94 bits per heavy atom. The molecule has 2 rings (SSSR count). The van der Waals surface area contributed by atoms with Gasteiger partial charge in [-0.05, 0) is 41.9 Å². The predicted octanol–water partition coefficient (Wildman–Crippen LogP) is 4.43. The molecule has 1 atom stereocenters. The van der Waals surface area contributed by atoms with E-state index in [0.717, 1.165) is 17.1 Å². The molecule has 5 heteroatoms. The number of halogens is 2. The topological polar surface area (TPSA) is 31.6 Å². The van der Waals surface area contributed by atoms with Gasteiger partial charge in [-0.25, -0.2) is 0 Å². The molecule has 0 radical (unpaired) electrons. The molecule has 1 unspecified atom stereocenters. The van der Waals surface area contributed by atoms with Crippen molar-refractivity contribution >= 4 is 27.5 Å². The van der Waals surface area contributed by atoms with Gasteiger partial charge in [-0.3, -0.25) is 0 Å². The van der Waals surface area contributed by atoms with E-state index in [2.05, 4.69) is 15.9 Å². The molecule has 1 aromatic carbocycles. The lowest BCUT2D eigenvalue weighted by Gasteiger charge is -2.13. The third kappa shape index (κ3) is 2.65. The fourth-order valence-electron chi connectivity index (χ4n) is 1.66. The first-order valence-electron chi connectivity index (χ1n) is 5.27. The van der Waals surface area contributed by atoms with Gasteiger partial charge in [-0.15, -0.1) is 0 Å². The SMILES string of the molecule is COc1ccc(OC)c(C(Br)c2ccc(Cl)o2)c1. The van der Waals surface area contributed by atoms with Gasteiger partial charge < -0.3 is 13.9 Å². The van der Waals surface area contributed by atoms with Crippen molar-refractivity contribution in [2.24, 2.45) is 0 Å². The van der Waals surface area contributed by atoms with Crippen LogP contribution in [-0.2, 0) is 0 Å². The molecule has 0 N–H and O–H groups in total. The molecule has 2 aromatic rings. The fourth-order valence-corrected chi connectivity index (χ4v) is 2.41. The Morgan fingerprint density at radius 1 is 1.17 bits per heavy atom. The Hall–Kier alpha value is -1.13. The van der Waals surface area contributed by atoms with Crippen molar-refractivity contribution in [1.82, 2.24) is 0 Å². The Kier molecular flexibility index (Phi) is 4.19. The van der Waals surface area contributed by atoms with E-state index in [9.17, 15) is 0 Å². The van der Waals surface area contributed by atoms with Crippen LogP contribution in [0.5, 0.6) is 11.5 Å². The number of ether oxygens (including phenoxy) is 2. The fraction of sp³-hybridized carbons (Fsp3) is 0.231. The molecule has 96 valence electrons. The summed E-state index contributed by atoms with van der Waals surface area (Å²) in [6.07, 6.45) is 0. The molecule has 0 aliphatic rings. The normalized spacial score (nSPS) is 12.2. The first-order chi connectivity index (χ1) is 8.65. The van der Waals surface area contributed by atoms with Gasteiger partial charge in [0.25, 0.3) is 0 Å². The zero-order valence-corrected chi connectivity index (χ0v) is 12.3. The summed E-state index contributed by atoms with van der Waals surface area (Å²) < 4.78 is 15.9. The molecule has 1 heterocycles. The molecule has 0 saturated heterocycles. The van der Waals surface area contributed by atoms with Crippen LogP contribution in [0.2, 0.25) is 5.22 Å². The first-order valence-corrected chi connectivity index (χ1v) is 6.56. The van der Waals surface area contributed by atoms with Crippen molar-refractivity contribution in [2.45, 2.75) is 4.83 Å². The smallest absolute Gasteiger partial charge is 0.193 e. The highest BCUT2D eigenvalue weighted by atomic mass is 79.9. The van der Waals surface area contributed by atoms with E-state index in [1.807, 2.05) is 24.3 Å². The van der Waals surface area contributed by atoms with Crippen LogP contribution in [0.1, 0.15) is 16.2 Å². The van der Waals surface area contributed by atoms with Crippen molar-refractivity contribution in [1.29, 1.82) is 0 Å². The Balaban J connectivity index is 2.41. The molecule has 18 heavy (non-hydrogen) atoms. The van der Waals surface area contributed by atoms with Crippen molar-refractivity contribution in [3.8, 4) is 11.5 Å². The molecule has 3 nitrogen and oxygen atoms in total. The summed E-state index contributed by atoms with van der Waals surface area (Å²) in [6, 6.07) is 9.12. The summed E-state index contributed by atoms with van der Waals surface area (Å²) in [5.41, 5.74) is 0.919.